The van der Waals surface area contributed by atoms with Gasteiger partial charge in [-0.2, -0.15) is 0 Å². The molecule has 88 valence electrons. The molecule has 0 aromatic heterocycles. The number of benzene rings is 1. The number of ether oxygens (including phenoxy) is 1. The van der Waals surface area contributed by atoms with Crippen LogP contribution in [0.2, 0.25) is 0 Å². The molecule has 1 fully saturated rings. The van der Waals surface area contributed by atoms with Crippen LogP contribution in [0.5, 0.6) is 5.75 Å². The third kappa shape index (κ3) is 2.74. The number of nitrogens with one attached hydrogen (secondary N) is 2. The van der Waals surface area contributed by atoms with Gasteiger partial charge in [-0.25, -0.2) is 0 Å². The maximum atomic E-state index is 5.83. The SMILES string of the molecule is CC(C)Oc1ccccc1[C@@H]1CNCCN1. The van der Waals surface area contributed by atoms with Gasteiger partial charge in [-0.05, 0) is 19.9 Å². The molecule has 0 saturated carbocycles. The molecule has 0 radical (unpaired) electrons. The number of para-hydroxylation sites is 1. The van der Waals surface area contributed by atoms with Crippen LogP contribution < -0.4 is 15.4 Å². The quantitative estimate of drug-likeness (QED) is 0.813. The van der Waals surface area contributed by atoms with E-state index >= 15 is 0 Å². The van der Waals surface area contributed by atoms with Gasteiger partial charge in [0, 0.05) is 31.2 Å². The van der Waals surface area contributed by atoms with Crippen LogP contribution in [0, 0.1) is 0 Å². The lowest BCUT2D eigenvalue weighted by atomic mass is 10.0. The van der Waals surface area contributed by atoms with Crippen LogP contribution in [-0.4, -0.2) is 25.7 Å². The highest BCUT2D eigenvalue weighted by Gasteiger charge is 2.18. The van der Waals surface area contributed by atoms with Gasteiger partial charge in [0.1, 0.15) is 5.75 Å². The van der Waals surface area contributed by atoms with Crippen LogP contribution in [0.25, 0.3) is 0 Å². The summed E-state index contributed by atoms with van der Waals surface area (Å²) < 4.78 is 5.83. The van der Waals surface area contributed by atoms with Crippen molar-refractivity contribution in [1.82, 2.24) is 10.6 Å². The highest BCUT2D eigenvalue weighted by atomic mass is 16.5. The fraction of sp³-hybridized carbons (Fsp3) is 0.538. The summed E-state index contributed by atoms with van der Waals surface area (Å²) in [7, 11) is 0. The monoisotopic (exact) mass is 220 g/mol. The number of hydrogen-bond donors (Lipinski definition) is 2. The lowest BCUT2D eigenvalue weighted by Gasteiger charge is -2.27. The molecule has 1 saturated heterocycles. The minimum Gasteiger partial charge on any atom is -0.491 e. The third-order valence-electron chi connectivity index (χ3n) is 2.70. The molecule has 1 aliphatic heterocycles. The largest absolute Gasteiger partial charge is 0.491 e. The Hall–Kier alpha value is -1.06. The number of piperazine rings is 1. The second kappa shape index (κ2) is 5.32. The molecule has 3 nitrogen and oxygen atoms in total. The smallest absolute Gasteiger partial charge is 0.124 e. The number of rotatable bonds is 3. The molecule has 3 heteroatoms. The standard InChI is InChI=1S/C13H20N2O/c1-10(2)16-13-6-4-3-5-11(13)12-9-14-7-8-15-12/h3-6,10,12,14-15H,7-9H2,1-2H3/t12-/m0/s1. The molecule has 1 heterocycles. The van der Waals surface area contributed by atoms with Crippen molar-refractivity contribution in [2.45, 2.75) is 26.0 Å². The second-order valence-electron chi connectivity index (χ2n) is 4.42. The minimum absolute atomic E-state index is 0.220. The molecule has 0 aliphatic carbocycles. The zero-order chi connectivity index (χ0) is 11.4. The summed E-state index contributed by atoms with van der Waals surface area (Å²) in [4.78, 5) is 0. The summed E-state index contributed by atoms with van der Waals surface area (Å²) >= 11 is 0. The van der Waals surface area contributed by atoms with E-state index in [0.29, 0.717) is 6.04 Å². The molecule has 1 aromatic rings. The lowest BCUT2D eigenvalue weighted by molar-refractivity contribution is 0.236. The summed E-state index contributed by atoms with van der Waals surface area (Å²) in [5, 5.41) is 6.90. The highest BCUT2D eigenvalue weighted by molar-refractivity contribution is 5.36. The van der Waals surface area contributed by atoms with E-state index in [1.807, 2.05) is 12.1 Å². The van der Waals surface area contributed by atoms with Gasteiger partial charge >= 0.3 is 0 Å². The molecule has 0 amide bonds. The van der Waals surface area contributed by atoms with Crippen LogP contribution >= 0.6 is 0 Å². The molecular weight excluding hydrogens is 200 g/mol. The molecule has 0 bridgehead atoms. The van der Waals surface area contributed by atoms with Gasteiger partial charge in [-0.3, -0.25) is 0 Å². The van der Waals surface area contributed by atoms with Crippen LogP contribution in [-0.2, 0) is 0 Å². The Morgan fingerprint density at radius 1 is 1.25 bits per heavy atom. The maximum absolute atomic E-state index is 5.83. The Morgan fingerprint density at radius 3 is 2.75 bits per heavy atom. The summed E-state index contributed by atoms with van der Waals surface area (Å²) in [5.41, 5.74) is 1.25. The van der Waals surface area contributed by atoms with E-state index < -0.39 is 0 Å². The van der Waals surface area contributed by atoms with Crippen LogP contribution in [0.4, 0.5) is 0 Å². The minimum atomic E-state index is 0.220. The van der Waals surface area contributed by atoms with Gasteiger partial charge in [0.05, 0.1) is 6.10 Å². The van der Waals surface area contributed by atoms with Gasteiger partial charge in [0.2, 0.25) is 0 Å². The second-order valence-corrected chi connectivity index (χ2v) is 4.42. The van der Waals surface area contributed by atoms with E-state index in [-0.39, 0.29) is 6.10 Å². The predicted molar refractivity (Wildman–Crippen MR) is 65.8 cm³/mol. The van der Waals surface area contributed by atoms with E-state index in [0.717, 1.165) is 25.4 Å². The van der Waals surface area contributed by atoms with Crippen molar-refractivity contribution in [3.05, 3.63) is 29.8 Å². The van der Waals surface area contributed by atoms with Gasteiger partial charge in [0.25, 0.3) is 0 Å². The van der Waals surface area contributed by atoms with Crippen molar-refractivity contribution in [2.75, 3.05) is 19.6 Å². The van der Waals surface area contributed by atoms with Gasteiger partial charge in [0.15, 0.2) is 0 Å². The highest BCUT2D eigenvalue weighted by Crippen LogP contribution is 2.26. The lowest BCUT2D eigenvalue weighted by Crippen LogP contribution is -2.42. The fourth-order valence-corrected chi connectivity index (χ4v) is 2.00. The van der Waals surface area contributed by atoms with E-state index in [4.69, 9.17) is 4.74 Å². The third-order valence-corrected chi connectivity index (χ3v) is 2.70. The first kappa shape index (κ1) is 11.4. The topological polar surface area (TPSA) is 33.3 Å². The Balaban J connectivity index is 2.17. The molecule has 1 aliphatic rings. The van der Waals surface area contributed by atoms with Crippen LogP contribution in [0.1, 0.15) is 25.5 Å². The van der Waals surface area contributed by atoms with Crippen LogP contribution in [0.15, 0.2) is 24.3 Å². The molecule has 16 heavy (non-hydrogen) atoms. The van der Waals surface area contributed by atoms with Crippen molar-refractivity contribution in [2.24, 2.45) is 0 Å². The predicted octanol–water partition coefficient (Wildman–Crippen LogP) is 1.71. The first-order valence-electron chi connectivity index (χ1n) is 5.97. The summed E-state index contributed by atoms with van der Waals surface area (Å²) in [6, 6.07) is 8.65. The zero-order valence-corrected chi connectivity index (χ0v) is 9.99. The Bertz CT molecular complexity index is 332. The molecule has 2 N–H and O–H groups in total. The van der Waals surface area contributed by atoms with E-state index in [1.54, 1.807) is 0 Å². The molecule has 2 rings (SSSR count). The average Bonchev–Trinajstić information content (AvgIpc) is 2.30. The number of hydrogen-bond acceptors (Lipinski definition) is 3. The van der Waals surface area contributed by atoms with Crippen molar-refractivity contribution < 1.29 is 4.74 Å². The van der Waals surface area contributed by atoms with Crippen LogP contribution in [0.3, 0.4) is 0 Å². The van der Waals surface area contributed by atoms with E-state index in [1.165, 1.54) is 5.56 Å². The molecule has 0 spiro atoms. The van der Waals surface area contributed by atoms with Gasteiger partial charge in [-0.1, -0.05) is 18.2 Å². The summed E-state index contributed by atoms with van der Waals surface area (Å²) in [6.45, 7) is 7.15. The fourth-order valence-electron chi connectivity index (χ4n) is 2.00. The van der Waals surface area contributed by atoms with E-state index in [2.05, 4.69) is 36.6 Å². The Morgan fingerprint density at radius 2 is 2.06 bits per heavy atom. The van der Waals surface area contributed by atoms with Crippen molar-refractivity contribution in [3.63, 3.8) is 0 Å². The molecule has 1 aromatic carbocycles. The average molecular weight is 220 g/mol. The van der Waals surface area contributed by atoms with E-state index in [9.17, 15) is 0 Å². The van der Waals surface area contributed by atoms with Crippen molar-refractivity contribution in [3.8, 4) is 5.75 Å². The van der Waals surface area contributed by atoms with Gasteiger partial charge in [-0.15, -0.1) is 0 Å². The van der Waals surface area contributed by atoms with Crippen molar-refractivity contribution in [1.29, 1.82) is 0 Å². The summed E-state index contributed by atoms with van der Waals surface area (Å²) in [5.74, 6) is 0.999. The van der Waals surface area contributed by atoms with Crippen molar-refractivity contribution >= 4 is 0 Å². The molecule has 0 unspecified atom stereocenters. The normalized spacial score (nSPS) is 21.1. The molecule has 1 atom stereocenters. The van der Waals surface area contributed by atoms with Gasteiger partial charge < -0.3 is 15.4 Å². The molecular formula is C13H20N2O. The summed E-state index contributed by atoms with van der Waals surface area (Å²) in [6.07, 6.45) is 0.220. The maximum Gasteiger partial charge on any atom is 0.124 e. The Kier molecular flexibility index (Phi) is 3.80. The Labute approximate surface area is 97.2 Å². The first-order chi connectivity index (χ1) is 7.77. The first-order valence-corrected chi connectivity index (χ1v) is 5.97. The zero-order valence-electron chi connectivity index (χ0n) is 9.99.